The maximum Gasteiger partial charge on any atom is 0.335 e. The van der Waals surface area contributed by atoms with E-state index in [1.54, 1.807) is 18.2 Å². The fourth-order valence-corrected chi connectivity index (χ4v) is 1.94. The van der Waals surface area contributed by atoms with Crippen LogP contribution in [0.15, 0.2) is 46.9 Å². The summed E-state index contributed by atoms with van der Waals surface area (Å²) in [4.78, 5) is 25.9. The molecule has 0 amide bonds. The summed E-state index contributed by atoms with van der Waals surface area (Å²) in [6.45, 7) is 0. The summed E-state index contributed by atoms with van der Waals surface area (Å²) in [5, 5.41) is 17.8. The number of aromatic carboxylic acids is 2. The van der Waals surface area contributed by atoms with Crippen molar-refractivity contribution in [2.24, 2.45) is 0 Å². The summed E-state index contributed by atoms with van der Waals surface area (Å²) < 4.78 is 5.54. The highest BCUT2D eigenvalue weighted by atomic mass is 35.5. The molecular weight excluding hydrogens is 345 g/mol. The Morgan fingerprint density at radius 2 is 1.43 bits per heavy atom. The van der Waals surface area contributed by atoms with Gasteiger partial charge in [-0.2, -0.15) is 0 Å². The summed E-state index contributed by atoms with van der Waals surface area (Å²) in [6, 6.07) is 10.5. The van der Waals surface area contributed by atoms with Crippen molar-refractivity contribution in [2.45, 2.75) is 0 Å². The zero-order chi connectivity index (χ0) is 15.0. The first-order valence-corrected chi connectivity index (χ1v) is 6.02. The van der Waals surface area contributed by atoms with Crippen molar-refractivity contribution in [3.63, 3.8) is 0 Å². The molecule has 1 aromatic heterocycles. The zero-order valence-corrected chi connectivity index (χ0v) is 13.1. The maximum absolute atomic E-state index is 10.9. The monoisotopic (exact) mass is 355 g/mol. The van der Waals surface area contributed by atoms with Gasteiger partial charge in [0, 0.05) is 5.56 Å². The van der Waals surface area contributed by atoms with Gasteiger partial charge in [-0.1, -0.05) is 0 Å². The van der Waals surface area contributed by atoms with E-state index >= 15 is 0 Å². The first kappa shape index (κ1) is 18.5. The Hall–Kier alpha value is -2.57. The first-order valence-electron chi connectivity index (χ1n) is 6.02. The van der Waals surface area contributed by atoms with Crippen molar-refractivity contribution in [3.8, 4) is 11.5 Å². The van der Waals surface area contributed by atoms with E-state index in [4.69, 9.17) is 14.6 Å². The maximum atomic E-state index is 10.9. The van der Waals surface area contributed by atoms with Crippen LogP contribution in [0.4, 0.5) is 0 Å². The van der Waals surface area contributed by atoms with Gasteiger partial charge in [0.15, 0.2) is 5.58 Å². The number of oxazole rings is 1. The fraction of sp³-hybridized carbons (Fsp3) is 0. The second kappa shape index (κ2) is 7.13. The summed E-state index contributed by atoms with van der Waals surface area (Å²) in [7, 11) is 0. The van der Waals surface area contributed by atoms with Gasteiger partial charge in [0.25, 0.3) is 0 Å². The summed E-state index contributed by atoms with van der Waals surface area (Å²) in [5.74, 6) is -1.73. The van der Waals surface area contributed by atoms with Crippen LogP contribution in [0.1, 0.15) is 20.7 Å². The average Bonchev–Trinajstić information content (AvgIpc) is 2.90. The van der Waals surface area contributed by atoms with Crippen LogP contribution in [-0.2, 0) is 0 Å². The average molecular weight is 356 g/mol. The molecule has 3 aromatic rings. The number of carboxylic acid groups (broad SMARTS) is 2. The molecule has 0 aliphatic rings. The highest BCUT2D eigenvalue weighted by Gasteiger charge is 2.11. The smallest absolute Gasteiger partial charge is 0.335 e. The zero-order valence-electron chi connectivity index (χ0n) is 11.4. The molecule has 0 fully saturated rings. The SMILES string of the molecule is Cl.Cl.O=C(O)c1ccc(-c2nc3cc(C(=O)O)ccc3o2)cc1. The molecule has 6 nitrogen and oxygen atoms in total. The molecule has 0 spiro atoms. The third-order valence-electron chi connectivity index (χ3n) is 3.01. The van der Waals surface area contributed by atoms with E-state index in [0.29, 0.717) is 22.6 Å². The molecule has 2 aromatic carbocycles. The number of fused-ring (bicyclic) bond motifs is 1. The molecular formula is C15H11Cl2NO5. The summed E-state index contributed by atoms with van der Waals surface area (Å²) in [5.41, 5.74) is 1.82. The highest BCUT2D eigenvalue weighted by Crippen LogP contribution is 2.25. The second-order valence-electron chi connectivity index (χ2n) is 4.39. The Labute approximate surface area is 142 Å². The van der Waals surface area contributed by atoms with Crippen LogP contribution in [0.25, 0.3) is 22.6 Å². The van der Waals surface area contributed by atoms with Crippen LogP contribution in [0.2, 0.25) is 0 Å². The molecule has 120 valence electrons. The van der Waals surface area contributed by atoms with E-state index < -0.39 is 11.9 Å². The fourth-order valence-electron chi connectivity index (χ4n) is 1.94. The topological polar surface area (TPSA) is 101 Å². The minimum absolute atomic E-state index is 0. The van der Waals surface area contributed by atoms with Gasteiger partial charge in [0.05, 0.1) is 11.1 Å². The molecule has 0 radical (unpaired) electrons. The molecule has 0 bridgehead atoms. The predicted octanol–water partition coefficient (Wildman–Crippen LogP) is 3.73. The largest absolute Gasteiger partial charge is 0.478 e. The van der Waals surface area contributed by atoms with Crippen LogP contribution in [0.5, 0.6) is 0 Å². The Bertz CT molecular complexity index is 858. The Morgan fingerprint density at radius 1 is 0.870 bits per heavy atom. The Morgan fingerprint density at radius 3 is 2.00 bits per heavy atom. The normalized spacial score (nSPS) is 9.74. The third-order valence-corrected chi connectivity index (χ3v) is 3.01. The number of rotatable bonds is 3. The van der Waals surface area contributed by atoms with Crippen molar-refractivity contribution in [1.29, 1.82) is 0 Å². The van der Waals surface area contributed by atoms with E-state index in [-0.39, 0.29) is 35.9 Å². The molecule has 0 saturated carbocycles. The second-order valence-corrected chi connectivity index (χ2v) is 4.39. The van der Waals surface area contributed by atoms with E-state index in [1.807, 2.05) is 0 Å². The van der Waals surface area contributed by atoms with Gasteiger partial charge in [0.1, 0.15) is 5.52 Å². The lowest BCUT2D eigenvalue weighted by Crippen LogP contribution is -1.95. The van der Waals surface area contributed by atoms with E-state index in [2.05, 4.69) is 4.98 Å². The number of nitrogens with zero attached hydrogens (tertiary/aromatic N) is 1. The van der Waals surface area contributed by atoms with Gasteiger partial charge in [-0.15, -0.1) is 24.8 Å². The number of hydrogen-bond donors (Lipinski definition) is 2. The molecule has 0 aliphatic carbocycles. The van der Waals surface area contributed by atoms with Gasteiger partial charge in [-0.05, 0) is 42.5 Å². The highest BCUT2D eigenvalue weighted by molar-refractivity contribution is 5.92. The summed E-state index contributed by atoms with van der Waals surface area (Å²) >= 11 is 0. The number of benzene rings is 2. The van der Waals surface area contributed by atoms with Crippen molar-refractivity contribution in [1.82, 2.24) is 4.98 Å². The van der Waals surface area contributed by atoms with Crippen LogP contribution >= 0.6 is 24.8 Å². The minimum Gasteiger partial charge on any atom is -0.478 e. The van der Waals surface area contributed by atoms with E-state index in [0.717, 1.165) is 0 Å². The Kier molecular flexibility index (Phi) is 5.73. The summed E-state index contributed by atoms with van der Waals surface area (Å²) in [6.07, 6.45) is 0. The van der Waals surface area contributed by atoms with Crippen LogP contribution < -0.4 is 0 Å². The quantitative estimate of drug-likeness (QED) is 0.742. The molecule has 1 heterocycles. The van der Waals surface area contributed by atoms with Crippen LogP contribution in [0.3, 0.4) is 0 Å². The Balaban J connectivity index is 0.00000132. The lowest BCUT2D eigenvalue weighted by Gasteiger charge is -1.96. The van der Waals surface area contributed by atoms with Gasteiger partial charge in [-0.25, -0.2) is 14.6 Å². The molecule has 23 heavy (non-hydrogen) atoms. The van der Waals surface area contributed by atoms with Crippen molar-refractivity contribution >= 4 is 47.9 Å². The predicted molar refractivity (Wildman–Crippen MR) is 87.9 cm³/mol. The van der Waals surface area contributed by atoms with E-state index in [9.17, 15) is 9.59 Å². The number of carbonyl (C=O) groups is 2. The molecule has 0 unspecified atom stereocenters. The van der Waals surface area contributed by atoms with Gasteiger partial charge in [-0.3, -0.25) is 0 Å². The standard InChI is InChI=1S/C15H9NO5.2ClH/c17-14(18)9-3-1-8(2-4-9)13-16-11-7-10(15(19)20)5-6-12(11)21-13;;/h1-7H,(H,17,18)(H,19,20);2*1H. The molecule has 0 aliphatic heterocycles. The number of hydrogen-bond acceptors (Lipinski definition) is 4. The van der Waals surface area contributed by atoms with Crippen molar-refractivity contribution in [2.75, 3.05) is 0 Å². The number of halogens is 2. The molecule has 2 N–H and O–H groups in total. The molecule has 0 atom stereocenters. The van der Waals surface area contributed by atoms with Gasteiger partial charge < -0.3 is 14.6 Å². The first-order chi connectivity index (χ1) is 10.0. The minimum atomic E-state index is -1.03. The lowest BCUT2D eigenvalue weighted by molar-refractivity contribution is 0.0686. The molecule has 3 rings (SSSR count). The van der Waals surface area contributed by atoms with Crippen LogP contribution in [-0.4, -0.2) is 27.1 Å². The van der Waals surface area contributed by atoms with Crippen LogP contribution in [0, 0.1) is 0 Å². The van der Waals surface area contributed by atoms with Crippen molar-refractivity contribution in [3.05, 3.63) is 53.6 Å². The van der Waals surface area contributed by atoms with E-state index in [1.165, 1.54) is 24.3 Å². The third kappa shape index (κ3) is 3.61. The van der Waals surface area contributed by atoms with Crippen molar-refractivity contribution < 1.29 is 24.2 Å². The van der Waals surface area contributed by atoms with Gasteiger partial charge >= 0.3 is 11.9 Å². The molecule has 8 heteroatoms. The lowest BCUT2D eigenvalue weighted by atomic mass is 10.1. The number of aromatic nitrogens is 1. The molecule has 0 saturated heterocycles. The van der Waals surface area contributed by atoms with Gasteiger partial charge in [0.2, 0.25) is 5.89 Å². The number of carboxylic acids is 2.